The third kappa shape index (κ3) is 3.05. The lowest BCUT2D eigenvalue weighted by Crippen LogP contribution is -2.16. The van der Waals surface area contributed by atoms with Gasteiger partial charge in [0.2, 0.25) is 0 Å². The molecular weight excluding hydrogens is 314 g/mol. The van der Waals surface area contributed by atoms with Crippen LogP contribution in [0.1, 0.15) is 35.2 Å². The van der Waals surface area contributed by atoms with Crippen LogP contribution >= 0.6 is 15.9 Å². The van der Waals surface area contributed by atoms with Crippen molar-refractivity contribution in [3.63, 3.8) is 0 Å². The largest absolute Gasteiger partial charge is 0.494 e. The van der Waals surface area contributed by atoms with E-state index in [2.05, 4.69) is 48.0 Å². The van der Waals surface area contributed by atoms with Crippen molar-refractivity contribution < 1.29 is 4.74 Å². The molecule has 2 aromatic carbocycles. The van der Waals surface area contributed by atoms with E-state index in [0.717, 1.165) is 15.8 Å². The summed E-state index contributed by atoms with van der Waals surface area (Å²) in [4.78, 5) is 0. The van der Waals surface area contributed by atoms with E-state index in [1.165, 1.54) is 16.7 Å². The summed E-state index contributed by atoms with van der Waals surface area (Å²) >= 11 is 3.51. The van der Waals surface area contributed by atoms with Gasteiger partial charge in [0, 0.05) is 10.0 Å². The number of ether oxygens (including phenoxy) is 1. The molecule has 0 spiro atoms. The van der Waals surface area contributed by atoms with E-state index in [0.29, 0.717) is 6.61 Å². The predicted octanol–water partition coefficient (Wildman–Crippen LogP) is 4.51. The first kappa shape index (κ1) is 15.1. The van der Waals surface area contributed by atoms with Crippen LogP contribution in [0.15, 0.2) is 40.9 Å². The summed E-state index contributed by atoms with van der Waals surface area (Å²) in [7, 11) is 0. The first-order valence-electron chi connectivity index (χ1n) is 6.78. The van der Waals surface area contributed by atoms with Crippen molar-refractivity contribution in [2.45, 2.75) is 26.8 Å². The molecule has 2 N–H and O–H groups in total. The van der Waals surface area contributed by atoms with Crippen LogP contribution in [-0.4, -0.2) is 6.61 Å². The van der Waals surface area contributed by atoms with Crippen molar-refractivity contribution >= 4 is 15.9 Å². The smallest absolute Gasteiger partial charge is 0.124 e. The molecule has 0 saturated heterocycles. The van der Waals surface area contributed by atoms with E-state index < -0.39 is 0 Å². The fraction of sp³-hybridized carbons (Fsp3) is 0.294. The number of rotatable bonds is 4. The van der Waals surface area contributed by atoms with Gasteiger partial charge < -0.3 is 10.5 Å². The minimum atomic E-state index is -0.185. The van der Waals surface area contributed by atoms with Gasteiger partial charge in [-0.2, -0.15) is 0 Å². The first-order valence-corrected chi connectivity index (χ1v) is 7.57. The number of aryl methyl sites for hydroxylation is 2. The summed E-state index contributed by atoms with van der Waals surface area (Å²) in [6.45, 7) is 6.81. The Morgan fingerprint density at radius 3 is 2.40 bits per heavy atom. The lowest BCUT2D eigenvalue weighted by molar-refractivity contribution is 0.335. The number of hydrogen-bond donors (Lipinski definition) is 1. The lowest BCUT2D eigenvalue weighted by atomic mass is 9.91. The zero-order valence-corrected chi connectivity index (χ0v) is 13.7. The maximum Gasteiger partial charge on any atom is 0.124 e. The van der Waals surface area contributed by atoms with Gasteiger partial charge in [-0.25, -0.2) is 0 Å². The van der Waals surface area contributed by atoms with Crippen LogP contribution in [0.4, 0.5) is 0 Å². The van der Waals surface area contributed by atoms with Gasteiger partial charge in [0.05, 0.1) is 12.6 Å². The Bertz CT molecular complexity index is 590. The summed E-state index contributed by atoms with van der Waals surface area (Å²) < 4.78 is 6.73. The standard InChI is InChI=1S/C17H20BrNO/c1-4-20-15-9-8-13(18)10-14(15)17(19)16-11(2)6-5-7-12(16)3/h5-10,17H,4,19H2,1-3H3. The number of benzene rings is 2. The molecule has 0 radical (unpaired) electrons. The molecule has 0 bridgehead atoms. The van der Waals surface area contributed by atoms with Crippen LogP contribution < -0.4 is 10.5 Å². The number of halogens is 1. The van der Waals surface area contributed by atoms with Gasteiger partial charge in [-0.3, -0.25) is 0 Å². The van der Waals surface area contributed by atoms with Gasteiger partial charge in [0.25, 0.3) is 0 Å². The average Bonchev–Trinajstić information content (AvgIpc) is 2.40. The zero-order valence-electron chi connectivity index (χ0n) is 12.1. The van der Waals surface area contributed by atoms with Gasteiger partial charge in [-0.05, 0) is 55.7 Å². The van der Waals surface area contributed by atoms with Crippen molar-refractivity contribution in [2.75, 3.05) is 6.61 Å². The average molecular weight is 334 g/mol. The molecule has 0 aliphatic carbocycles. The number of nitrogens with two attached hydrogens (primary N) is 1. The summed E-state index contributed by atoms with van der Waals surface area (Å²) in [6.07, 6.45) is 0. The monoisotopic (exact) mass is 333 g/mol. The second kappa shape index (κ2) is 6.42. The highest BCUT2D eigenvalue weighted by molar-refractivity contribution is 9.10. The van der Waals surface area contributed by atoms with Gasteiger partial charge in [0.15, 0.2) is 0 Å². The van der Waals surface area contributed by atoms with Gasteiger partial charge in [-0.1, -0.05) is 34.1 Å². The zero-order chi connectivity index (χ0) is 14.7. The Morgan fingerprint density at radius 2 is 1.80 bits per heavy atom. The summed E-state index contributed by atoms with van der Waals surface area (Å²) in [5.74, 6) is 0.853. The van der Waals surface area contributed by atoms with Crippen LogP contribution in [0.5, 0.6) is 5.75 Å². The van der Waals surface area contributed by atoms with E-state index in [1.807, 2.05) is 25.1 Å². The number of hydrogen-bond acceptors (Lipinski definition) is 2. The third-order valence-corrected chi connectivity index (χ3v) is 3.95. The highest BCUT2D eigenvalue weighted by atomic mass is 79.9. The molecule has 0 aliphatic rings. The summed E-state index contributed by atoms with van der Waals surface area (Å²) in [5, 5.41) is 0. The van der Waals surface area contributed by atoms with Crippen molar-refractivity contribution in [3.8, 4) is 5.75 Å². The Morgan fingerprint density at radius 1 is 1.15 bits per heavy atom. The SMILES string of the molecule is CCOc1ccc(Br)cc1C(N)c1c(C)cccc1C. The molecule has 0 heterocycles. The Hall–Kier alpha value is -1.32. The second-order valence-corrected chi connectivity index (χ2v) is 5.81. The normalized spacial score (nSPS) is 12.2. The highest BCUT2D eigenvalue weighted by Gasteiger charge is 2.18. The van der Waals surface area contributed by atoms with Crippen molar-refractivity contribution in [2.24, 2.45) is 5.73 Å². The Kier molecular flexibility index (Phi) is 4.84. The van der Waals surface area contributed by atoms with E-state index in [4.69, 9.17) is 10.5 Å². The van der Waals surface area contributed by atoms with Gasteiger partial charge >= 0.3 is 0 Å². The lowest BCUT2D eigenvalue weighted by Gasteiger charge is -2.21. The minimum Gasteiger partial charge on any atom is -0.494 e. The van der Waals surface area contributed by atoms with E-state index in [1.54, 1.807) is 0 Å². The predicted molar refractivity (Wildman–Crippen MR) is 87.3 cm³/mol. The van der Waals surface area contributed by atoms with Gasteiger partial charge in [-0.15, -0.1) is 0 Å². The van der Waals surface area contributed by atoms with E-state index in [-0.39, 0.29) is 6.04 Å². The highest BCUT2D eigenvalue weighted by Crippen LogP contribution is 2.33. The molecule has 0 fully saturated rings. The molecule has 106 valence electrons. The first-order chi connectivity index (χ1) is 9.54. The molecule has 2 nitrogen and oxygen atoms in total. The van der Waals surface area contributed by atoms with Gasteiger partial charge in [0.1, 0.15) is 5.75 Å². The molecule has 0 amide bonds. The maximum absolute atomic E-state index is 6.52. The maximum atomic E-state index is 6.52. The third-order valence-electron chi connectivity index (χ3n) is 3.46. The van der Waals surface area contributed by atoms with E-state index >= 15 is 0 Å². The summed E-state index contributed by atoms with van der Waals surface area (Å²) in [6, 6.07) is 12.1. The second-order valence-electron chi connectivity index (χ2n) is 4.90. The topological polar surface area (TPSA) is 35.2 Å². The molecule has 0 aliphatic heterocycles. The van der Waals surface area contributed by atoms with Crippen LogP contribution in [0.2, 0.25) is 0 Å². The molecular formula is C17H20BrNO. The fourth-order valence-electron chi connectivity index (χ4n) is 2.52. The molecule has 1 atom stereocenters. The van der Waals surface area contributed by atoms with Crippen molar-refractivity contribution in [1.82, 2.24) is 0 Å². The van der Waals surface area contributed by atoms with E-state index in [9.17, 15) is 0 Å². The molecule has 20 heavy (non-hydrogen) atoms. The minimum absolute atomic E-state index is 0.185. The molecule has 2 rings (SSSR count). The Balaban J connectivity index is 2.52. The Labute approximate surface area is 129 Å². The molecule has 0 aromatic heterocycles. The summed E-state index contributed by atoms with van der Waals surface area (Å²) in [5.41, 5.74) is 11.1. The van der Waals surface area contributed by atoms with Crippen LogP contribution in [0.3, 0.4) is 0 Å². The van der Waals surface area contributed by atoms with Crippen molar-refractivity contribution in [3.05, 3.63) is 63.1 Å². The molecule has 0 saturated carbocycles. The fourth-order valence-corrected chi connectivity index (χ4v) is 2.90. The molecule has 1 unspecified atom stereocenters. The van der Waals surface area contributed by atoms with Crippen LogP contribution in [-0.2, 0) is 0 Å². The quantitative estimate of drug-likeness (QED) is 0.893. The van der Waals surface area contributed by atoms with Crippen LogP contribution in [0.25, 0.3) is 0 Å². The molecule has 2 aromatic rings. The van der Waals surface area contributed by atoms with Crippen molar-refractivity contribution in [1.29, 1.82) is 0 Å². The van der Waals surface area contributed by atoms with Crippen LogP contribution in [0, 0.1) is 13.8 Å². The molecule has 3 heteroatoms.